The van der Waals surface area contributed by atoms with Gasteiger partial charge < -0.3 is 14.2 Å². The minimum absolute atomic E-state index is 0.125. The van der Waals surface area contributed by atoms with E-state index in [0.717, 1.165) is 44.1 Å². The van der Waals surface area contributed by atoms with Crippen LogP contribution >= 0.6 is 0 Å². The molecular formula is C32H40O3. The van der Waals surface area contributed by atoms with Gasteiger partial charge >= 0.3 is 0 Å². The topological polar surface area (TPSA) is 27.7 Å². The number of hydrogen-bond acceptors (Lipinski definition) is 3. The molecule has 0 unspecified atom stereocenters. The lowest BCUT2D eigenvalue weighted by atomic mass is 9.53. The van der Waals surface area contributed by atoms with Crippen molar-refractivity contribution in [3.05, 3.63) is 77.9 Å². The fourth-order valence-corrected chi connectivity index (χ4v) is 8.37. The van der Waals surface area contributed by atoms with E-state index in [9.17, 15) is 0 Å². The van der Waals surface area contributed by atoms with Crippen LogP contribution in [0, 0.1) is 23.2 Å². The van der Waals surface area contributed by atoms with E-state index < -0.39 is 0 Å². The molecule has 1 aliphatic heterocycles. The lowest BCUT2D eigenvalue weighted by Gasteiger charge is -2.53. The molecular weight excluding hydrogens is 432 g/mol. The molecule has 1 saturated heterocycles. The van der Waals surface area contributed by atoms with Crippen molar-refractivity contribution in [2.75, 3.05) is 13.2 Å². The predicted octanol–water partition coefficient (Wildman–Crippen LogP) is 7.45. The predicted molar refractivity (Wildman–Crippen MR) is 139 cm³/mol. The van der Waals surface area contributed by atoms with Gasteiger partial charge in [-0.25, -0.2) is 0 Å². The summed E-state index contributed by atoms with van der Waals surface area (Å²) < 4.78 is 19.1. The first-order chi connectivity index (χ1) is 17.1. The molecule has 3 heteroatoms. The summed E-state index contributed by atoms with van der Waals surface area (Å²) in [7, 11) is 0. The van der Waals surface area contributed by atoms with Crippen LogP contribution in [0.5, 0.6) is 5.75 Å². The van der Waals surface area contributed by atoms with Crippen LogP contribution in [0.3, 0.4) is 0 Å². The zero-order chi connectivity index (χ0) is 23.9. The highest BCUT2D eigenvalue weighted by Gasteiger charge is 2.68. The summed E-state index contributed by atoms with van der Waals surface area (Å²) in [4.78, 5) is 0. The molecule has 2 aromatic carbocycles. The Balaban J connectivity index is 1.24. The van der Waals surface area contributed by atoms with Gasteiger partial charge in [-0.2, -0.15) is 0 Å². The highest BCUT2D eigenvalue weighted by molar-refractivity contribution is 5.41. The Kier molecular flexibility index (Phi) is 6.26. The van der Waals surface area contributed by atoms with Crippen LogP contribution in [0.1, 0.15) is 74.5 Å². The van der Waals surface area contributed by atoms with Crippen LogP contribution in [0.4, 0.5) is 0 Å². The molecule has 0 N–H and O–H groups in total. The first-order valence-electron chi connectivity index (χ1n) is 13.8. The monoisotopic (exact) mass is 472 g/mol. The Bertz CT molecular complexity index is 1040. The van der Waals surface area contributed by atoms with Crippen molar-refractivity contribution in [1.29, 1.82) is 0 Å². The maximum absolute atomic E-state index is 6.48. The molecule has 0 aromatic heterocycles. The lowest BCUT2D eigenvalue weighted by molar-refractivity contribution is -0.237. The third kappa shape index (κ3) is 3.96. The van der Waals surface area contributed by atoms with Gasteiger partial charge in [0.25, 0.3) is 0 Å². The van der Waals surface area contributed by atoms with E-state index in [-0.39, 0.29) is 11.2 Å². The number of rotatable bonds is 7. The molecule has 3 aliphatic carbocycles. The Morgan fingerprint density at radius 3 is 2.71 bits per heavy atom. The standard InChI is InChI=1S/C32H40O3/c1-3-4-6-11-25-21-32(34-18-19-35-32)31(2)17-16-28-27-15-13-26(33-22-23-9-7-5-8-10-23)20-24(27)12-14-29(28)30(25)31/h3,5,7-10,13,15,20,25,28-30H,1,4,6,11-12,14,16-19,21-22H2,2H3/t25-,28-,29-,30+,31+/m1/s1. The first-order valence-corrected chi connectivity index (χ1v) is 13.8. The molecule has 35 heavy (non-hydrogen) atoms. The average molecular weight is 473 g/mol. The van der Waals surface area contributed by atoms with Crippen molar-refractivity contribution < 1.29 is 14.2 Å². The number of unbranched alkanes of at least 4 members (excludes halogenated alkanes) is 1. The van der Waals surface area contributed by atoms with Crippen molar-refractivity contribution in [3.63, 3.8) is 0 Å². The molecule has 0 bridgehead atoms. The normalized spacial score (nSPS) is 32.6. The van der Waals surface area contributed by atoms with E-state index in [1.807, 2.05) is 0 Å². The van der Waals surface area contributed by atoms with Crippen LogP contribution in [0.15, 0.2) is 61.2 Å². The van der Waals surface area contributed by atoms with E-state index in [1.54, 1.807) is 5.56 Å². The first kappa shape index (κ1) is 23.3. The summed E-state index contributed by atoms with van der Waals surface area (Å²) in [6.07, 6.45) is 11.6. The van der Waals surface area contributed by atoms with Gasteiger partial charge in [0.1, 0.15) is 12.4 Å². The highest BCUT2D eigenvalue weighted by atomic mass is 16.7. The van der Waals surface area contributed by atoms with Gasteiger partial charge in [-0.05, 0) is 97.4 Å². The van der Waals surface area contributed by atoms with Crippen LogP contribution in [0.25, 0.3) is 0 Å². The maximum Gasteiger partial charge on any atom is 0.174 e. The van der Waals surface area contributed by atoms with Crippen LogP contribution in [-0.4, -0.2) is 19.0 Å². The number of fused-ring (bicyclic) bond motifs is 6. The van der Waals surface area contributed by atoms with Gasteiger partial charge in [0.05, 0.1) is 13.2 Å². The van der Waals surface area contributed by atoms with Crippen LogP contribution in [-0.2, 0) is 22.5 Å². The minimum Gasteiger partial charge on any atom is -0.489 e. The van der Waals surface area contributed by atoms with Gasteiger partial charge in [-0.1, -0.05) is 49.4 Å². The van der Waals surface area contributed by atoms with Crippen LogP contribution < -0.4 is 4.74 Å². The quantitative estimate of drug-likeness (QED) is 0.309. The molecule has 1 spiro atoms. The summed E-state index contributed by atoms with van der Waals surface area (Å²) in [5.74, 6) is 3.38. The average Bonchev–Trinajstić information content (AvgIpc) is 3.46. The maximum atomic E-state index is 6.48. The second-order valence-corrected chi connectivity index (χ2v) is 11.6. The minimum atomic E-state index is -0.350. The third-order valence-corrected chi connectivity index (χ3v) is 9.84. The van der Waals surface area contributed by atoms with E-state index in [4.69, 9.17) is 14.2 Å². The zero-order valence-electron chi connectivity index (χ0n) is 21.2. The molecule has 0 amide bonds. The second kappa shape index (κ2) is 9.41. The summed E-state index contributed by atoms with van der Waals surface area (Å²) in [5.41, 5.74) is 4.42. The molecule has 2 saturated carbocycles. The number of ether oxygens (including phenoxy) is 3. The van der Waals surface area contributed by atoms with Crippen molar-refractivity contribution in [2.24, 2.45) is 23.2 Å². The van der Waals surface area contributed by atoms with Crippen LogP contribution in [0.2, 0.25) is 0 Å². The largest absolute Gasteiger partial charge is 0.489 e. The number of allylic oxidation sites excluding steroid dienone is 1. The van der Waals surface area contributed by atoms with Crippen molar-refractivity contribution in [3.8, 4) is 5.75 Å². The zero-order valence-corrected chi connectivity index (χ0v) is 21.2. The van der Waals surface area contributed by atoms with E-state index in [1.165, 1.54) is 43.2 Å². The second-order valence-electron chi connectivity index (χ2n) is 11.6. The molecule has 0 radical (unpaired) electrons. The summed E-state index contributed by atoms with van der Waals surface area (Å²) in [5, 5.41) is 0. The fourth-order valence-electron chi connectivity index (χ4n) is 8.37. The molecule has 4 aliphatic rings. The molecule has 3 nitrogen and oxygen atoms in total. The number of aryl methyl sites for hydroxylation is 1. The number of hydrogen-bond donors (Lipinski definition) is 0. The molecule has 186 valence electrons. The molecule has 6 rings (SSSR count). The Hall–Kier alpha value is -2.10. The highest BCUT2D eigenvalue weighted by Crippen LogP contribution is 2.68. The van der Waals surface area contributed by atoms with E-state index in [0.29, 0.717) is 24.4 Å². The smallest absolute Gasteiger partial charge is 0.174 e. The van der Waals surface area contributed by atoms with E-state index >= 15 is 0 Å². The van der Waals surface area contributed by atoms with Gasteiger partial charge in [0.2, 0.25) is 0 Å². The van der Waals surface area contributed by atoms with Crippen molar-refractivity contribution in [1.82, 2.24) is 0 Å². The summed E-state index contributed by atoms with van der Waals surface area (Å²) in [6, 6.07) is 17.4. The molecule has 2 aromatic rings. The van der Waals surface area contributed by atoms with E-state index in [2.05, 4.69) is 68.1 Å². The van der Waals surface area contributed by atoms with Gasteiger partial charge in [-0.15, -0.1) is 6.58 Å². The SMILES string of the molecule is C=CCCC[C@@H]1CC2(OCCO2)[C@@]2(C)CC[C@@H]3c4ccc(OCc5ccccc5)cc4CC[C@H]3[C@H]12. The Labute approximate surface area is 210 Å². The van der Waals surface area contributed by atoms with Gasteiger partial charge in [0.15, 0.2) is 5.79 Å². The Morgan fingerprint density at radius 2 is 1.91 bits per heavy atom. The number of benzene rings is 2. The van der Waals surface area contributed by atoms with Gasteiger partial charge in [0, 0.05) is 11.8 Å². The summed E-state index contributed by atoms with van der Waals surface area (Å²) in [6.45, 7) is 8.60. The van der Waals surface area contributed by atoms with Crippen molar-refractivity contribution in [2.45, 2.75) is 76.6 Å². The van der Waals surface area contributed by atoms with Gasteiger partial charge in [-0.3, -0.25) is 0 Å². The fraction of sp³-hybridized carbons (Fsp3) is 0.562. The molecule has 5 atom stereocenters. The molecule has 1 heterocycles. The Morgan fingerprint density at radius 1 is 1.09 bits per heavy atom. The summed E-state index contributed by atoms with van der Waals surface area (Å²) >= 11 is 0. The molecule has 3 fully saturated rings. The third-order valence-electron chi connectivity index (χ3n) is 9.84. The lowest BCUT2D eigenvalue weighted by Crippen LogP contribution is -2.51. The van der Waals surface area contributed by atoms with Crippen molar-refractivity contribution >= 4 is 0 Å².